The number of methoxy groups -OCH3 is 1. The predicted molar refractivity (Wildman–Crippen MR) is 77.0 cm³/mol. The quantitative estimate of drug-likeness (QED) is 0.846. The van der Waals surface area contributed by atoms with Crippen LogP contribution < -0.4 is 5.32 Å². The number of hydrogen-bond acceptors (Lipinski definition) is 4. The fourth-order valence-electron chi connectivity index (χ4n) is 2.36. The van der Waals surface area contributed by atoms with Gasteiger partial charge in [-0.1, -0.05) is 0 Å². The van der Waals surface area contributed by atoms with E-state index in [1.54, 1.807) is 6.20 Å². The first-order valence-electron chi connectivity index (χ1n) is 7.24. The Hall–Kier alpha value is -2.29. The fraction of sp³-hybridized carbons (Fsp3) is 0.500. The van der Waals surface area contributed by atoms with Crippen LogP contribution in [0.4, 0.5) is 14.5 Å². The molecule has 9 heteroatoms. The zero-order valence-electron chi connectivity index (χ0n) is 12.6. The third-order valence-electron chi connectivity index (χ3n) is 3.52. The molecule has 124 valence electrons. The molecule has 1 fully saturated rings. The summed E-state index contributed by atoms with van der Waals surface area (Å²) in [6, 6.07) is 1.40. The molecule has 1 aliphatic rings. The molecule has 2 heterocycles. The van der Waals surface area contributed by atoms with Gasteiger partial charge in [0, 0.05) is 18.7 Å². The summed E-state index contributed by atoms with van der Waals surface area (Å²) in [4.78, 5) is 12.1. The molecule has 0 atom stereocenters. The third-order valence-corrected chi connectivity index (χ3v) is 3.52. The van der Waals surface area contributed by atoms with Crippen LogP contribution in [0.3, 0.4) is 0 Å². The first-order chi connectivity index (χ1) is 11.1. The van der Waals surface area contributed by atoms with Crippen molar-refractivity contribution in [2.75, 3.05) is 12.4 Å². The largest absolute Gasteiger partial charge is 0.362 e. The molecule has 0 bridgehead atoms. The van der Waals surface area contributed by atoms with Crippen LogP contribution in [-0.2, 0) is 22.8 Å². The molecule has 1 aliphatic carbocycles. The Morgan fingerprint density at radius 2 is 2.30 bits per heavy atom. The van der Waals surface area contributed by atoms with Gasteiger partial charge in [-0.15, -0.1) is 0 Å². The zero-order valence-corrected chi connectivity index (χ0v) is 12.6. The second-order valence-corrected chi connectivity index (χ2v) is 5.46. The molecule has 7 nitrogen and oxygen atoms in total. The number of hydrogen-bond donors (Lipinski definition) is 1. The normalized spacial score (nSPS) is 14.4. The maximum Gasteiger partial charge on any atom is 0.282 e. The van der Waals surface area contributed by atoms with Crippen LogP contribution in [0.25, 0.3) is 0 Å². The topological polar surface area (TPSA) is 74.0 Å². The molecule has 2 aromatic heterocycles. The summed E-state index contributed by atoms with van der Waals surface area (Å²) in [6.07, 6.45) is 2.37. The summed E-state index contributed by atoms with van der Waals surface area (Å²) in [5, 5.41) is 10.5. The van der Waals surface area contributed by atoms with Crippen LogP contribution in [0.5, 0.6) is 0 Å². The Balaban J connectivity index is 1.67. The van der Waals surface area contributed by atoms with Crippen LogP contribution >= 0.6 is 0 Å². The zero-order chi connectivity index (χ0) is 16.4. The van der Waals surface area contributed by atoms with Crippen LogP contribution in [-0.4, -0.2) is 32.6 Å². The molecule has 0 radical (unpaired) electrons. The first kappa shape index (κ1) is 15.6. The number of nitrogens with zero attached hydrogens (tertiary/aromatic N) is 4. The van der Waals surface area contributed by atoms with Gasteiger partial charge in [-0.3, -0.25) is 9.48 Å². The van der Waals surface area contributed by atoms with Crippen molar-refractivity contribution in [3.05, 3.63) is 29.8 Å². The Morgan fingerprint density at radius 1 is 1.52 bits per heavy atom. The van der Waals surface area contributed by atoms with Gasteiger partial charge in [0.05, 0.1) is 18.1 Å². The third kappa shape index (κ3) is 3.73. The highest BCUT2D eigenvalue weighted by Crippen LogP contribution is 2.41. The van der Waals surface area contributed by atoms with Crippen molar-refractivity contribution < 1.29 is 18.3 Å². The number of amides is 1. The highest BCUT2D eigenvalue weighted by Gasteiger charge is 2.30. The molecule has 3 rings (SSSR count). The van der Waals surface area contributed by atoms with Crippen LogP contribution in [0.15, 0.2) is 18.5 Å². The lowest BCUT2D eigenvalue weighted by atomic mass is 10.2. The predicted octanol–water partition coefficient (Wildman–Crippen LogP) is 2.14. The Morgan fingerprint density at radius 3 is 2.96 bits per heavy atom. The summed E-state index contributed by atoms with van der Waals surface area (Å²) in [6.45, 7) is 0.173. The van der Waals surface area contributed by atoms with Crippen LogP contribution in [0.2, 0.25) is 0 Å². The molecule has 0 saturated heterocycles. The first-order valence-corrected chi connectivity index (χ1v) is 7.24. The molecule has 0 unspecified atom stereocenters. The van der Waals surface area contributed by atoms with Gasteiger partial charge in [0.15, 0.2) is 0 Å². The van der Waals surface area contributed by atoms with E-state index in [9.17, 15) is 13.6 Å². The van der Waals surface area contributed by atoms with Crippen molar-refractivity contribution in [1.82, 2.24) is 19.6 Å². The molecule has 23 heavy (non-hydrogen) atoms. The number of aromatic nitrogens is 4. The summed E-state index contributed by atoms with van der Waals surface area (Å²) in [7, 11) is 1.54. The van der Waals surface area contributed by atoms with E-state index in [1.807, 2.05) is 0 Å². The fourth-order valence-corrected chi connectivity index (χ4v) is 2.36. The van der Waals surface area contributed by atoms with Gasteiger partial charge in [-0.25, -0.2) is 13.5 Å². The average molecular weight is 325 g/mol. The van der Waals surface area contributed by atoms with Gasteiger partial charge in [-0.05, 0) is 18.9 Å². The van der Waals surface area contributed by atoms with E-state index in [4.69, 9.17) is 4.74 Å². The number of rotatable bonds is 7. The number of halogens is 2. The van der Waals surface area contributed by atoms with Crippen LogP contribution in [0.1, 0.15) is 36.6 Å². The van der Waals surface area contributed by atoms with Crippen molar-refractivity contribution >= 4 is 11.6 Å². The Bertz CT molecular complexity index is 693. The van der Waals surface area contributed by atoms with Crippen molar-refractivity contribution in [2.24, 2.45) is 0 Å². The number of anilines is 1. The molecule has 1 N–H and O–H groups in total. The minimum absolute atomic E-state index is 0.103. The molecule has 1 amide bonds. The summed E-state index contributed by atoms with van der Waals surface area (Å²) in [5.41, 5.74) is 0.930. The van der Waals surface area contributed by atoms with E-state index in [2.05, 4.69) is 15.5 Å². The monoisotopic (exact) mass is 325 g/mol. The summed E-state index contributed by atoms with van der Waals surface area (Å²) >= 11 is 0. The van der Waals surface area contributed by atoms with Crippen molar-refractivity contribution in [3.8, 4) is 0 Å². The van der Waals surface area contributed by atoms with Gasteiger partial charge < -0.3 is 10.1 Å². The maximum atomic E-state index is 12.8. The number of alkyl halides is 2. The van der Waals surface area contributed by atoms with Crippen molar-refractivity contribution in [1.29, 1.82) is 0 Å². The molecule has 0 spiro atoms. The lowest BCUT2D eigenvalue weighted by molar-refractivity contribution is -0.117. The lowest BCUT2D eigenvalue weighted by Gasteiger charge is -2.06. The van der Waals surface area contributed by atoms with Gasteiger partial charge in [0.25, 0.3) is 6.43 Å². The van der Waals surface area contributed by atoms with E-state index in [1.165, 1.54) is 28.7 Å². The van der Waals surface area contributed by atoms with E-state index >= 15 is 0 Å². The number of carbonyl (C=O) groups excluding carboxylic acids is 1. The number of nitrogens with one attached hydrogen (secondary N) is 1. The molecule has 1 saturated carbocycles. The lowest BCUT2D eigenvalue weighted by Crippen LogP contribution is -2.20. The van der Waals surface area contributed by atoms with E-state index < -0.39 is 6.43 Å². The van der Waals surface area contributed by atoms with Gasteiger partial charge in [0.1, 0.15) is 19.0 Å². The molecular formula is C14H17F2N5O2. The Kier molecular flexibility index (Phi) is 4.37. The maximum absolute atomic E-state index is 12.8. The van der Waals surface area contributed by atoms with E-state index in [0.717, 1.165) is 12.8 Å². The van der Waals surface area contributed by atoms with Crippen molar-refractivity contribution in [3.63, 3.8) is 0 Å². The summed E-state index contributed by atoms with van der Waals surface area (Å²) in [5.74, 6) is -0.111. The Labute approximate surface area is 131 Å². The van der Waals surface area contributed by atoms with Crippen molar-refractivity contribution in [2.45, 2.75) is 38.5 Å². The second kappa shape index (κ2) is 6.45. The number of carbonyl (C=O) groups is 1. The standard InChI is InChI=1S/C14H17F2N5O2/c1-23-8-20-6-10(5-17-20)18-13(22)7-21-12(9-2-3-9)4-11(19-21)14(15)16/h4-6,9,14H,2-3,7-8H2,1H3,(H,18,22). The van der Waals surface area contributed by atoms with Crippen LogP contribution in [0, 0.1) is 0 Å². The van der Waals surface area contributed by atoms with Gasteiger partial charge in [0.2, 0.25) is 5.91 Å². The van der Waals surface area contributed by atoms with Gasteiger partial charge in [-0.2, -0.15) is 10.2 Å². The smallest absolute Gasteiger partial charge is 0.282 e. The minimum atomic E-state index is -2.64. The molecule has 0 aliphatic heterocycles. The molecular weight excluding hydrogens is 308 g/mol. The van der Waals surface area contributed by atoms with E-state index in [0.29, 0.717) is 11.4 Å². The van der Waals surface area contributed by atoms with Gasteiger partial charge >= 0.3 is 0 Å². The van der Waals surface area contributed by atoms with E-state index in [-0.39, 0.29) is 30.8 Å². The molecule has 0 aromatic carbocycles. The average Bonchev–Trinajstić information content (AvgIpc) is 3.11. The number of ether oxygens (including phenoxy) is 1. The molecule has 2 aromatic rings. The SMILES string of the molecule is COCn1cc(NC(=O)Cn2nc(C(F)F)cc2C2CC2)cn1. The summed E-state index contributed by atoms with van der Waals surface area (Å²) < 4.78 is 33.4. The second-order valence-electron chi connectivity index (χ2n) is 5.46. The highest BCUT2D eigenvalue weighted by molar-refractivity contribution is 5.90. The minimum Gasteiger partial charge on any atom is -0.362 e. The highest BCUT2D eigenvalue weighted by atomic mass is 19.3.